The summed E-state index contributed by atoms with van der Waals surface area (Å²) in [4.78, 5) is 16.1. The zero-order chi connectivity index (χ0) is 15.7. The highest BCUT2D eigenvalue weighted by molar-refractivity contribution is 5.64. The molecule has 0 aromatic heterocycles. The average Bonchev–Trinajstić information content (AvgIpc) is 3.25. The molecule has 1 spiro atoms. The van der Waals surface area contributed by atoms with Crippen molar-refractivity contribution < 1.29 is 24.2 Å². The van der Waals surface area contributed by atoms with E-state index in [4.69, 9.17) is 9.94 Å². The van der Waals surface area contributed by atoms with E-state index in [0.717, 1.165) is 30.5 Å². The number of halogens is 1. The van der Waals surface area contributed by atoms with E-state index in [9.17, 15) is 14.3 Å². The van der Waals surface area contributed by atoms with Crippen LogP contribution in [0.25, 0.3) is 0 Å². The lowest BCUT2D eigenvalue weighted by Gasteiger charge is -2.27. The highest BCUT2D eigenvalue weighted by Gasteiger charge is 2.47. The van der Waals surface area contributed by atoms with Gasteiger partial charge in [0.05, 0.1) is 12.0 Å². The van der Waals surface area contributed by atoms with Gasteiger partial charge < -0.3 is 15.5 Å². The number of amides is 1. The fraction of sp³-hybridized carbons (Fsp3) is 0.400. The lowest BCUT2D eigenvalue weighted by Crippen LogP contribution is -2.27. The molecule has 4 N–H and O–H groups in total. The number of nitrogens with one attached hydrogen (secondary N) is 2. The zero-order valence-electron chi connectivity index (χ0n) is 11.8. The average molecular weight is 308 g/mol. The van der Waals surface area contributed by atoms with Crippen molar-refractivity contribution in [3.05, 3.63) is 41.2 Å². The fourth-order valence-corrected chi connectivity index (χ4v) is 2.58. The Morgan fingerprint density at radius 2 is 2.32 bits per heavy atom. The Kier molecular flexibility index (Phi) is 3.76. The van der Waals surface area contributed by atoms with Gasteiger partial charge in [-0.1, -0.05) is 12.1 Å². The maximum Gasteiger partial charge on any atom is 0.404 e. The van der Waals surface area contributed by atoms with E-state index in [0.29, 0.717) is 5.56 Å². The molecule has 118 valence electrons. The SMILES string of the molecule is O=C(O)NC/C(=C\F)C(O)c1ccc2c(c1)CC1(CC1)ON2. The minimum atomic E-state index is -1.27. The van der Waals surface area contributed by atoms with Gasteiger partial charge in [0, 0.05) is 18.5 Å². The Morgan fingerprint density at radius 1 is 1.55 bits per heavy atom. The van der Waals surface area contributed by atoms with Crippen molar-refractivity contribution in [3.8, 4) is 0 Å². The zero-order valence-corrected chi connectivity index (χ0v) is 11.8. The van der Waals surface area contributed by atoms with Crippen LogP contribution in [0.4, 0.5) is 14.9 Å². The molecule has 1 aromatic carbocycles. The number of fused-ring (bicyclic) bond motifs is 1. The molecule has 7 heteroatoms. The van der Waals surface area contributed by atoms with Gasteiger partial charge in [0.2, 0.25) is 0 Å². The van der Waals surface area contributed by atoms with Crippen molar-refractivity contribution in [1.29, 1.82) is 0 Å². The van der Waals surface area contributed by atoms with Gasteiger partial charge in [-0.05, 0) is 30.0 Å². The summed E-state index contributed by atoms with van der Waals surface area (Å²) in [6.45, 7) is -0.268. The third kappa shape index (κ3) is 2.90. The molecule has 0 saturated heterocycles. The van der Waals surface area contributed by atoms with Crippen LogP contribution >= 0.6 is 0 Å². The summed E-state index contributed by atoms with van der Waals surface area (Å²) in [7, 11) is 0. The van der Waals surface area contributed by atoms with E-state index in [1.165, 1.54) is 0 Å². The van der Waals surface area contributed by atoms with Crippen LogP contribution in [-0.2, 0) is 11.3 Å². The van der Waals surface area contributed by atoms with Crippen LogP contribution < -0.4 is 10.8 Å². The summed E-state index contributed by atoms with van der Waals surface area (Å²) in [5, 5.41) is 20.9. The molecular formula is C15H17FN2O4. The molecule has 1 heterocycles. The molecule has 22 heavy (non-hydrogen) atoms. The van der Waals surface area contributed by atoms with Gasteiger partial charge in [-0.25, -0.2) is 9.18 Å². The van der Waals surface area contributed by atoms with Crippen LogP contribution in [0, 0.1) is 0 Å². The number of aliphatic hydroxyl groups is 1. The van der Waals surface area contributed by atoms with E-state index < -0.39 is 12.2 Å². The molecule has 1 atom stereocenters. The van der Waals surface area contributed by atoms with E-state index in [1.807, 2.05) is 5.32 Å². The lowest BCUT2D eigenvalue weighted by molar-refractivity contribution is 0.0685. The number of hydrogen-bond acceptors (Lipinski definition) is 4. The summed E-state index contributed by atoms with van der Waals surface area (Å²) in [5.41, 5.74) is 5.09. The summed E-state index contributed by atoms with van der Waals surface area (Å²) >= 11 is 0. The number of carboxylic acid groups (broad SMARTS) is 1. The van der Waals surface area contributed by atoms with Crippen LogP contribution in [-0.4, -0.2) is 28.5 Å². The first kappa shape index (κ1) is 14.8. The molecule has 1 aromatic rings. The molecule has 0 radical (unpaired) electrons. The standard InChI is InChI=1S/C15H17FN2O4/c16-7-11(8-17-14(20)21)13(19)9-1-2-12-10(5-9)6-15(3-4-15)22-18-12/h1-2,5,7,13,17-19H,3-4,6,8H2,(H,20,21)/b11-7+. The van der Waals surface area contributed by atoms with E-state index >= 15 is 0 Å². The first-order chi connectivity index (χ1) is 10.5. The second-order valence-electron chi connectivity index (χ2n) is 5.73. The summed E-state index contributed by atoms with van der Waals surface area (Å²) in [6.07, 6.45) is 0.505. The Hall–Kier alpha value is -2.12. The second-order valence-corrected chi connectivity index (χ2v) is 5.73. The number of rotatable bonds is 4. The Labute approximate surface area is 126 Å². The van der Waals surface area contributed by atoms with Crippen molar-refractivity contribution in [2.45, 2.75) is 31.0 Å². The highest BCUT2D eigenvalue weighted by atomic mass is 19.1. The largest absolute Gasteiger partial charge is 0.465 e. The quantitative estimate of drug-likeness (QED) is 0.685. The second kappa shape index (κ2) is 5.58. The molecule has 1 aliphatic carbocycles. The molecule has 1 aliphatic heterocycles. The molecule has 1 saturated carbocycles. The van der Waals surface area contributed by atoms with Crippen LogP contribution in [0.3, 0.4) is 0 Å². The number of benzene rings is 1. The van der Waals surface area contributed by atoms with Gasteiger partial charge in [-0.3, -0.25) is 10.3 Å². The molecule has 3 rings (SSSR count). The van der Waals surface area contributed by atoms with Crippen LogP contribution in [0.1, 0.15) is 30.1 Å². The Bertz CT molecular complexity index is 628. The van der Waals surface area contributed by atoms with Crippen LogP contribution in [0.15, 0.2) is 30.1 Å². The normalized spacial score (nSPS) is 20.0. The van der Waals surface area contributed by atoms with Gasteiger partial charge in [0.25, 0.3) is 0 Å². The summed E-state index contributed by atoms with van der Waals surface area (Å²) < 4.78 is 12.9. The maximum atomic E-state index is 12.9. The Morgan fingerprint density at radius 3 is 2.95 bits per heavy atom. The number of anilines is 1. The van der Waals surface area contributed by atoms with Crippen molar-refractivity contribution in [1.82, 2.24) is 5.32 Å². The number of hydrogen-bond donors (Lipinski definition) is 4. The predicted molar refractivity (Wildman–Crippen MR) is 77.0 cm³/mol. The van der Waals surface area contributed by atoms with Crippen LogP contribution in [0.2, 0.25) is 0 Å². The molecule has 1 amide bonds. The van der Waals surface area contributed by atoms with E-state index in [-0.39, 0.29) is 24.0 Å². The molecule has 6 nitrogen and oxygen atoms in total. The van der Waals surface area contributed by atoms with E-state index in [1.54, 1.807) is 18.2 Å². The van der Waals surface area contributed by atoms with Gasteiger partial charge >= 0.3 is 6.09 Å². The maximum absolute atomic E-state index is 12.9. The third-order valence-corrected chi connectivity index (χ3v) is 4.08. The van der Waals surface area contributed by atoms with Gasteiger partial charge in [-0.2, -0.15) is 0 Å². The van der Waals surface area contributed by atoms with Gasteiger partial charge in [-0.15, -0.1) is 0 Å². The molecule has 1 fully saturated rings. The number of carbonyl (C=O) groups is 1. The first-order valence-electron chi connectivity index (χ1n) is 7.04. The van der Waals surface area contributed by atoms with Crippen LogP contribution in [0.5, 0.6) is 0 Å². The summed E-state index contributed by atoms with van der Waals surface area (Å²) in [6, 6.07) is 5.23. The molecular weight excluding hydrogens is 291 g/mol. The van der Waals surface area contributed by atoms with Crippen molar-refractivity contribution >= 4 is 11.8 Å². The van der Waals surface area contributed by atoms with Crippen molar-refractivity contribution in [3.63, 3.8) is 0 Å². The topological polar surface area (TPSA) is 90.8 Å². The minimum Gasteiger partial charge on any atom is -0.465 e. The number of aliphatic hydroxyl groups excluding tert-OH is 1. The van der Waals surface area contributed by atoms with E-state index in [2.05, 4.69) is 5.48 Å². The minimum absolute atomic E-state index is 0.0384. The fourth-order valence-electron chi connectivity index (χ4n) is 2.58. The lowest BCUT2D eigenvalue weighted by atomic mass is 9.96. The smallest absolute Gasteiger partial charge is 0.404 e. The summed E-state index contributed by atoms with van der Waals surface area (Å²) in [5.74, 6) is 0. The van der Waals surface area contributed by atoms with Gasteiger partial charge in [0.15, 0.2) is 0 Å². The third-order valence-electron chi connectivity index (χ3n) is 4.08. The monoisotopic (exact) mass is 308 g/mol. The predicted octanol–water partition coefficient (Wildman–Crippen LogP) is 2.27. The van der Waals surface area contributed by atoms with Gasteiger partial charge in [0.1, 0.15) is 11.7 Å². The Balaban J connectivity index is 1.77. The molecule has 2 aliphatic rings. The first-order valence-corrected chi connectivity index (χ1v) is 7.04. The van der Waals surface area contributed by atoms with Crippen molar-refractivity contribution in [2.75, 3.05) is 12.0 Å². The molecule has 1 unspecified atom stereocenters. The highest BCUT2D eigenvalue weighted by Crippen LogP contribution is 2.46. The molecule has 0 bridgehead atoms. The van der Waals surface area contributed by atoms with Crippen molar-refractivity contribution in [2.24, 2.45) is 0 Å².